The van der Waals surface area contributed by atoms with Gasteiger partial charge in [0, 0.05) is 5.56 Å². The van der Waals surface area contributed by atoms with Gasteiger partial charge in [-0.25, -0.2) is 4.79 Å². The Morgan fingerprint density at radius 1 is 1.07 bits per heavy atom. The summed E-state index contributed by atoms with van der Waals surface area (Å²) in [5, 5.41) is 5.72. The Bertz CT molecular complexity index is 1350. The molecule has 1 aromatic heterocycles. The molecule has 15 heteroatoms. The maximum Gasteiger partial charge on any atom is 0.534 e. The van der Waals surface area contributed by atoms with Gasteiger partial charge >= 0.3 is 13.8 Å². The zero-order valence-corrected chi connectivity index (χ0v) is 27.4. The van der Waals surface area contributed by atoms with Gasteiger partial charge in [0.2, 0.25) is 12.3 Å². The molecule has 250 valence electrons. The molecule has 0 saturated carbocycles. The zero-order valence-electron chi connectivity index (χ0n) is 26.5. The predicted molar refractivity (Wildman–Crippen MR) is 164 cm³/mol. The number of hydrogen-bond donors (Lipinski definition) is 4. The van der Waals surface area contributed by atoms with Crippen LogP contribution in [-0.2, 0) is 23.7 Å². The molecule has 0 fully saturated rings. The molecule has 0 bridgehead atoms. The lowest BCUT2D eigenvalue weighted by molar-refractivity contribution is -0.182. The number of hydroxylamine groups is 2. The van der Waals surface area contributed by atoms with E-state index in [1.807, 2.05) is 6.92 Å². The number of carbonyl (C=O) groups excluding carboxylic acids is 4. The fourth-order valence-electron chi connectivity index (χ4n) is 4.47. The van der Waals surface area contributed by atoms with Gasteiger partial charge in [-0.3, -0.25) is 18.9 Å². The van der Waals surface area contributed by atoms with Crippen molar-refractivity contribution >= 4 is 37.3 Å². The molecule has 0 radical (unpaired) electrons. The molecule has 0 aliphatic carbocycles. The molecule has 2 unspecified atom stereocenters. The Morgan fingerprint density at radius 3 is 2.36 bits per heavy atom. The second-order valence-corrected chi connectivity index (χ2v) is 12.8. The van der Waals surface area contributed by atoms with Crippen molar-refractivity contribution in [3.63, 3.8) is 0 Å². The first kappa shape index (κ1) is 37.3. The molecule has 3 amide bonds. The molecule has 45 heavy (non-hydrogen) atoms. The average Bonchev–Trinajstić information content (AvgIpc) is 3.45. The number of hydrogen-bond acceptors (Lipinski definition) is 9. The standard InChI is InChI=1S/C30H44N3O11P/c1-7-10-11-12-23(24(8-2)33(19-34)44-29(37)43-30(4,5)6)27(35)31-18-32-28(36)26-14-13-25(42-26)20-15-21(41-9-3)17-22(16-20)45(38,39)40/h13-17,19,23-24H,7-12,18H2,1-6H3,(H,31,35)(H,32,36)(H2,38,39,40). The maximum absolute atomic E-state index is 13.3. The van der Waals surface area contributed by atoms with E-state index in [-0.39, 0.29) is 35.9 Å². The van der Waals surface area contributed by atoms with Crippen molar-refractivity contribution in [2.75, 3.05) is 13.3 Å². The van der Waals surface area contributed by atoms with Gasteiger partial charge in [-0.15, -0.1) is 0 Å². The van der Waals surface area contributed by atoms with E-state index < -0.39 is 43.1 Å². The van der Waals surface area contributed by atoms with Crippen LogP contribution in [0, 0.1) is 5.92 Å². The maximum atomic E-state index is 13.3. The lowest BCUT2D eigenvalue weighted by Crippen LogP contribution is -2.49. The smallest absolute Gasteiger partial charge is 0.494 e. The topological polar surface area (TPSA) is 194 Å². The third kappa shape index (κ3) is 11.9. The number of amides is 3. The lowest BCUT2D eigenvalue weighted by atomic mass is 9.90. The Hall–Kier alpha value is -3.87. The van der Waals surface area contributed by atoms with Crippen LogP contribution >= 0.6 is 7.60 Å². The molecule has 0 saturated heterocycles. The molecule has 14 nitrogen and oxygen atoms in total. The molecule has 2 aromatic rings. The average molecular weight is 654 g/mol. The summed E-state index contributed by atoms with van der Waals surface area (Å²) in [5.74, 6) is -1.60. The highest BCUT2D eigenvalue weighted by Gasteiger charge is 2.34. The number of ether oxygens (including phenoxy) is 2. The van der Waals surface area contributed by atoms with Gasteiger partial charge in [0.25, 0.3) is 5.91 Å². The summed E-state index contributed by atoms with van der Waals surface area (Å²) >= 11 is 0. The number of nitrogens with zero attached hydrogens (tertiary/aromatic N) is 1. The van der Waals surface area contributed by atoms with Gasteiger partial charge in [0.05, 0.1) is 30.5 Å². The van der Waals surface area contributed by atoms with E-state index in [1.165, 1.54) is 30.3 Å². The van der Waals surface area contributed by atoms with Crippen molar-refractivity contribution < 1.29 is 52.3 Å². The van der Waals surface area contributed by atoms with Crippen LogP contribution in [0.2, 0.25) is 0 Å². The first-order valence-electron chi connectivity index (χ1n) is 14.8. The van der Waals surface area contributed by atoms with Crippen molar-refractivity contribution in [3.8, 4) is 17.1 Å². The number of unbranched alkanes of at least 4 members (excludes halogenated alkanes) is 2. The first-order chi connectivity index (χ1) is 21.1. The van der Waals surface area contributed by atoms with Crippen LogP contribution in [0.3, 0.4) is 0 Å². The SMILES string of the molecule is CCCCCC(C(=O)NCNC(=O)c1ccc(-c2cc(OCC)cc(P(=O)(O)O)c2)o1)C(CC)N(C=O)OC(=O)OC(C)(C)C. The molecular formula is C30H44N3O11P. The van der Waals surface area contributed by atoms with E-state index in [2.05, 4.69) is 10.6 Å². The summed E-state index contributed by atoms with van der Waals surface area (Å²) < 4.78 is 28.0. The number of rotatable bonds is 17. The van der Waals surface area contributed by atoms with Crippen LogP contribution in [0.5, 0.6) is 5.75 Å². The second kappa shape index (κ2) is 17.0. The Labute approximate surface area is 262 Å². The lowest BCUT2D eigenvalue weighted by Gasteiger charge is -2.32. The minimum absolute atomic E-state index is 0.109. The molecule has 4 N–H and O–H groups in total. The highest BCUT2D eigenvalue weighted by molar-refractivity contribution is 7.60. The molecule has 1 aromatic carbocycles. The van der Waals surface area contributed by atoms with E-state index >= 15 is 0 Å². The number of benzene rings is 1. The summed E-state index contributed by atoms with van der Waals surface area (Å²) in [4.78, 5) is 74.7. The van der Waals surface area contributed by atoms with E-state index in [1.54, 1.807) is 34.6 Å². The van der Waals surface area contributed by atoms with Crippen LogP contribution in [-0.4, -0.2) is 64.1 Å². The van der Waals surface area contributed by atoms with Gasteiger partial charge in [-0.1, -0.05) is 33.1 Å². The van der Waals surface area contributed by atoms with E-state index in [9.17, 15) is 33.5 Å². The van der Waals surface area contributed by atoms with Crippen molar-refractivity contribution in [1.29, 1.82) is 0 Å². The van der Waals surface area contributed by atoms with Crippen molar-refractivity contribution in [2.24, 2.45) is 5.92 Å². The highest BCUT2D eigenvalue weighted by Crippen LogP contribution is 2.37. The van der Waals surface area contributed by atoms with Crippen LogP contribution in [0.4, 0.5) is 4.79 Å². The van der Waals surface area contributed by atoms with Crippen molar-refractivity contribution in [2.45, 2.75) is 85.3 Å². The Morgan fingerprint density at radius 2 is 1.78 bits per heavy atom. The number of furan rings is 1. The molecule has 0 aliphatic heterocycles. The molecule has 0 aliphatic rings. The Balaban J connectivity index is 2.13. The normalized spacial score (nSPS) is 12.9. The van der Waals surface area contributed by atoms with E-state index in [0.29, 0.717) is 31.2 Å². The van der Waals surface area contributed by atoms with E-state index in [0.717, 1.165) is 17.9 Å². The van der Waals surface area contributed by atoms with Crippen LogP contribution < -0.4 is 20.7 Å². The summed E-state index contributed by atoms with van der Waals surface area (Å²) in [7, 11) is -4.60. The number of carbonyl (C=O) groups is 4. The van der Waals surface area contributed by atoms with Crippen LogP contribution in [0.25, 0.3) is 11.3 Å². The van der Waals surface area contributed by atoms with Gasteiger partial charge in [-0.05, 0) is 70.9 Å². The van der Waals surface area contributed by atoms with Crippen molar-refractivity contribution in [1.82, 2.24) is 15.7 Å². The van der Waals surface area contributed by atoms with Crippen LogP contribution in [0.15, 0.2) is 34.7 Å². The first-order valence-corrected chi connectivity index (χ1v) is 16.4. The largest absolute Gasteiger partial charge is 0.534 e. The van der Waals surface area contributed by atoms with Gasteiger partial charge in [0.1, 0.15) is 17.1 Å². The third-order valence-electron chi connectivity index (χ3n) is 6.50. The minimum Gasteiger partial charge on any atom is -0.494 e. The molecule has 0 spiro atoms. The monoisotopic (exact) mass is 653 g/mol. The quantitative estimate of drug-likeness (QED) is 0.0476. The third-order valence-corrected chi connectivity index (χ3v) is 7.43. The molecular weight excluding hydrogens is 609 g/mol. The summed E-state index contributed by atoms with van der Waals surface area (Å²) in [6.07, 6.45) is 2.37. The summed E-state index contributed by atoms with van der Waals surface area (Å²) in [5.41, 5.74) is -0.558. The molecule has 2 atom stereocenters. The summed E-state index contributed by atoms with van der Waals surface area (Å²) in [6, 6.07) is 6.08. The van der Waals surface area contributed by atoms with Crippen molar-refractivity contribution in [3.05, 3.63) is 36.1 Å². The number of nitrogens with one attached hydrogen (secondary N) is 2. The minimum atomic E-state index is -4.60. The molecule has 2 rings (SSSR count). The predicted octanol–water partition coefficient (Wildman–Crippen LogP) is 4.25. The van der Waals surface area contributed by atoms with Gasteiger partial charge in [0.15, 0.2) is 5.76 Å². The molecule has 1 heterocycles. The zero-order chi connectivity index (χ0) is 33.8. The summed E-state index contributed by atoms with van der Waals surface area (Å²) in [6.45, 7) is 10.4. The van der Waals surface area contributed by atoms with Gasteiger partial charge < -0.3 is 39.1 Å². The fraction of sp³-hybridized carbons (Fsp3) is 0.533. The highest BCUT2D eigenvalue weighted by atomic mass is 31.2. The van der Waals surface area contributed by atoms with E-state index in [4.69, 9.17) is 18.7 Å². The van der Waals surface area contributed by atoms with Crippen LogP contribution in [0.1, 0.15) is 84.2 Å². The Kier molecular flexibility index (Phi) is 14.1. The van der Waals surface area contributed by atoms with Gasteiger partial charge in [-0.2, -0.15) is 5.06 Å². The second-order valence-electron chi connectivity index (χ2n) is 11.2. The fourth-order valence-corrected chi connectivity index (χ4v) is 5.07.